The normalized spacial score (nSPS) is 10.9. The van der Waals surface area contributed by atoms with Crippen molar-refractivity contribution in [2.45, 2.75) is 19.6 Å². The standard InChI is InChI=1S/C37H28O4/c38-36(23-37(39)35-21-28-15-7-8-16-32(28)33-17-9-10-18-34(33)35)29-19-30(40-24-26-11-3-1-4-12-26)22-31(20-29)41-25-27-13-5-2-6-14-27/h1-22H,23-25H2. The third kappa shape index (κ3) is 6.02. The van der Waals surface area contributed by atoms with E-state index in [2.05, 4.69) is 6.07 Å². The number of carbonyl (C=O) groups excluding carboxylic acids is 2. The first-order valence-corrected chi connectivity index (χ1v) is 13.6. The van der Waals surface area contributed by atoms with Crippen LogP contribution in [-0.2, 0) is 13.2 Å². The monoisotopic (exact) mass is 536 g/mol. The molecule has 0 aliphatic heterocycles. The molecule has 4 nitrogen and oxygen atoms in total. The van der Waals surface area contributed by atoms with Gasteiger partial charge in [0.25, 0.3) is 0 Å². The van der Waals surface area contributed by atoms with Crippen molar-refractivity contribution in [2.75, 3.05) is 0 Å². The minimum atomic E-state index is -0.290. The molecule has 6 aromatic rings. The zero-order valence-electron chi connectivity index (χ0n) is 22.5. The maximum atomic E-state index is 13.6. The van der Waals surface area contributed by atoms with E-state index in [-0.39, 0.29) is 18.0 Å². The fraction of sp³-hybridized carbons (Fsp3) is 0.0811. The average molecular weight is 537 g/mol. The highest BCUT2D eigenvalue weighted by Crippen LogP contribution is 2.31. The van der Waals surface area contributed by atoms with E-state index in [1.165, 1.54) is 0 Å². The van der Waals surface area contributed by atoms with Gasteiger partial charge in [-0.2, -0.15) is 0 Å². The van der Waals surface area contributed by atoms with E-state index < -0.39 is 0 Å². The topological polar surface area (TPSA) is 52.6 Å². The lowest BCUT2D eigenvalue weighted by Gasteiger charge is -2.13. The molecule has 0 saturated heterocycles. The summed E-state index contributed by atoms with van der Waals surface area (Å²) in [6, 6.07) is 42.5. The summed E-state index contributed by atoms with van der Waals surface area (Å²) in [5.74, 6) is 0.499. The number of rotatable bonds is 10. The third-order valence-electron chi connectivity index (χ3n) is 7.09. The van der Waals surface area contributed by atoms with Crippen LogP contribution in [0.3, 0.4) is 0 Å². The predicted molar refractivity (Wildman–Crippen MR) is 163 cm³/mol. The summed E-state index contributed by atoms with van der Waals surface area (Å²) in [5.41, 5.74) is 2.94. The predicted octanol–water partition coefficient (Wildman–Crippen LogP) is 8.61. The Morgan fingerprint density at radius 1 is 0.488 bits per heavy atom. The fourth-order valence-corrected chi connectivity index (χ4v) is 5.01. The van der Waals surface area contributed by atoms with Crippen molar-refractivity contribution < 1.29 is 19.1 Å². The van der Waals surface area contributed by atoms with Crippen LogP contribution in [-0.4, -0.2) is 11.6 Å². The summed E-state index contributed by atoms with van der Waals surface area (Å²) in [6.45, 7) is 0.692. The van der Waals surface area contributed by atoms with E-state index in [1.54, 1.807) is 18.2 Å². The van der Waals surface area contributed by atoms with Gasteiger partial charge in [0.2, 0.25) is 0 Å². The Balaban J connectivity index is 1.28. The lowest BCUT2D eigenvalue weighted by atomic mass is 9.93. The van der Waals surface area contributed by atoms with Crippen molar-refractivity contribution in [1.29, 1.82) is 0 Å². The van der Waals surface area contributed by atoms with Crippen LogP contribution in [0.15, 0.2) is 133 Å². The fourth-order valence-electron chi connectivity index (χ4n) is 5.01. The summed E-state index contributed by atoms with van der Waals surface area (Å²) in [7, 11) is 0. The van der Waals surface area contributed by atoms with Crippen molar-refractivity contribution in [3.05, 3.63) is 156 Å². The number of Topliss-reactive ketones (excluding diaryl/α,β-unsaturated/α-hetero) is 2. The molecular weight excluding hydrogens is 508 g/mol. The molecule has 0 amide bonds. The first-order chi connectivity index (χ1) is 20.1. The second kappa shape index (κ2) is 11.9. The number of benzene rings is 6. The van der Waals surface area contributed by atoms with Gasteiger partial charge in [-0.15, -0.1) is 0 Å². The molecule has 0 aromatic heterocycles. The molecule has 0 atom stereocenters. The summed E-state index contributed by atoms with van der Waals surface area (Å²) < 4.78 is 12.1. The van der Waals surface area contributed by atoms with Crippen molar-refractivity contribution >= 4 is 33.1 Å². The molecule has 41 heavy (non-hydrogen) atoms. The molecular formula is C37H28O4. The Labute approximate surface area is 238 Å². The van der Waals surface area contributed by atoms with Crippen LogP contribution in [0.5, 0.6) is 11.5 Å². The van der Waals surface area contributed by atoms with Crippen LogP contribution in [0.1, 0.15) is 38.3 Å². The van der Waals surface area contributed by atoms with Gasteiger partial charge in [-0.05, 0) is 50.9 Å². The Bertz CT molecular complexity index is 1780. The van der Waals surface area contributed by atoms with E-state index in [1.807, 2.05) is 109 Å². The summed E-state index contributed by atoms with van der Waals surface area (Å²) in [5, 5.41) is 3.88. The van der Waals surface area contributed by atoms with E-state index in [0.29, 0.717) is 35.8 Å². The molecule has 0 aliphatic rings. The Kier molecular flexibility index (Phi) is 7.55. The van der Waals surface area contributed by atoms with Gasteiger partial charge in [-0.25, -0.2) is 0 Å². The van der Waals surface area contributed by atoms with E-state index in [0.717, 1.165) is 32.7 Å². The smallest absolute Gasteiger partial charge is 0.171 e. The van der Waals surface area contributed by atoms with Crippen molar-refractivity contribution in [2.24, 2.45) is 0 Å². The molecule has 0 spiro atoms. The van der Waals surface area contributed by atoms with Gasteiger partial charge in [0.15, 0.2) is 11.6 Å². The van der Waals surface area contributed by atoms with Crippen molar-refractivity contribution in [1.82, 2.24) is 0 Å². The Morgan fingerprint density at radius 2 is 1.00 bits per heavy atom. The number of fused-ring (bicyclic) bond motifs is 3. The van der Waals surface area contributed by atoms with Gasteiger partial charge in [-0.3, -0.25) is 9.59 Å². The van der Waals surface area contributed by atoms with Gasteiger partial charge < -0.3 is 9.47 Å². The zero-order valence-corrected chi connectivity index (χ0v) is 22.5. The molecule has 200 valence electrons. The SMILES string of the molecule is O=C(CC(=O)c1cc2ccccc2c2ccccc12)c1cc(OCc2ccccc2)cc(OCc2ccccc2)c1. The third-order valence-corrected chi connectivity index (χ3v) is 7.09. The molecule has 0 aliphatic carbocycles. The largest absolute Gasteiger partial charge is 0.489 e. The second-order valence-electron chi connectivity index (χ2n) is 9.96. The van der Waals surface area contributed by atoms with Crippen LogP contribution < -0.4 is 9.47 Å². The quantitative estimate of drug-likeness (QED) is 0.0999. The van der Waals surface area contributed by atoms with Crippen LogP contribution in [0.4, 0.5) is 0 Å². The number of carbonyl (C=O) groups is 2. The van der Waals surface area contributed by atoms with Gasteiger partial charge in [0.1, 0.15) is 24.7 Å². The lowest BCUT2D eigenvalue weighted by Crippen LogP contribution is -2.10. The lowest BCUT2D eigenvalue weighted by molar-refractivity contribution is 0.0894. The zero-order chi connectivity index (χ0) is 28.0. The van der Waals surface area contributed by atoms with Crippen LogP contribution >= 0.6 is 0 Å². The molecule has 0 heterocycles. The van der Waals surface area contributed by atoms with E-state index in [9.17, 15) is 9.59 Å². The van der Waals surface area contributed by atoms with Crippen LogP contribution in [0, 0.1) is 0 Å². The van der Waals surface area contributed by atoms with Crippen molar-refractivity contribution in [3.63, 3.8) is 0 Å². The summed E-state index contributed by atoms with van der Waals surface area (Å²) in [6.07, 6.45) is -0.261. The highest BCUT2D eigenvalue weighted by Gasteiger charge is 2.19. The second-order valence-corrected chi connectivity index (χ2v) is 9.96. The number of ketones is 2. The molecule has 0 fully saturated rings. The van der Waals surface area contributed by atoms with E-state index in [4.69, 9.17) is 9.47 Å². The van der Waals surface area contributed by atoms with Gasteiger partial charge in [0.05, 0.1) is 6.42 Å². The Morgan fingerprint density at radius 3 is 1.61 bits per heavy atom. The molecule has 0 unspecified atom stereocenters. The molecule has 0 N–H and O–H groups in total. The molecule has 4 heteroatoms. The minimum Gasteiger partial charge on any atom is -0.489 e. The highest BCUT2D eigenvalue weighted by molar-refractivity contribution is 6.22. The minimum absolute atomic E-state index is 0.223. The average Bonchev–Trinajstić information content (AvgIpc) is 3.03. The summed E-state index contributed by atoms with van der Waals surface area (Å²) >= 11 is 0. The van der Waals surface area contributed by atoms with E-state index >= 15 is 0 Å². The highest BCUT2D eigenvalue weighted by atomic mass is 16.5. The molecule has 6 aromatic carbocycles. The number of hydrogen-bond donors (Lipinski definition) is 0. The maximum Gasteiger partial charge on any atom is 0.171 e. The molecule has 6 rings (SSSR count). The molecule has 0 radical (unpaired) electrons. The number of hydrogen-bond acceptors (Lipinski definition) is 4. The van der Waals surface area contributed by atoms with Crippen molar-refractivity contribution in [3.8, 4) is 11.5 Å². The van der Waals surface area contributed by atoms with Crippen LogP contribution in [0.25, 0.3) is 21.5 Å². The van der Waals surface area contributed by atoms with Crippen LogP contribution in [0.2, 0.25) is 0 Å². The maximum absolute atomic E-state index is 13.6. The van der Waals surface area contributed by atoms with Gasteiger partial charge in [0, 0.05) is 17.2 Å². The summed E-state index contributed by atoms with van der Waals surface area (Å²) in [4.78, 5) is 27.1. The first-order valence-electron chi connectivity index (χ1n) is 13.6. The molecule has 0 bridgehead atoms. The first kappa shape index (κ1) is 26.0. The van der Waals surface area contributed by atoms with Gasteiger partial charge >= 0.3 is 0 Å². The molecule has 0 saturated carbocycles. The van der Waals surface area contributed by atoms with Gasteiger partial charge in [-0.1, -0.05) is 109 Å². The Hall–Kier alpha value is -5.22. The number of ether oxygens (including phenoxy) is 2.